The number of benzene rings is 1. The maximum absolute atomic E-state index is 12.3. The average molecular weight is 348 g/mol. The monoisotopic (exact) mass is 347 g/mol. The van der Waals surface area contributed by atoms with E-state index in [2.05, 4.69) is 47.6 Å². The molecule has 5 heteroatoms. The molecule has 2 amide bonds. The molecular formula is C20H33N3O2. The molecule has 1 aromatic rings. The standard InChI is InChI=1S/C20H33N3O2/c1-3-23(4-2)14-17-10-6-5-9-16(17)13-21-20(25)22-19-12-8-7-11-18(19)15-24/h5-6,9-10,18-19,24H,3-4,7-8,11-15H2,1-2H3,(H2,21,22,25). The Kier molecular flexibility index (Phi) is 8.22. The highest BCUT2D eigenvalue weighted by Crippen LogP contribution is 2.23. The van der Waals surface area contributed by atoms with Crippen LogP contribution in [0.15, 0.2) is 24.3 Å². The van der Waals surface area contributed by atoms with Crippen LogP contribution in [-0.4, -0.2) is 41.8 Å². The summed E-state index contributed by atoms with van der Waals surface area (Å²) in [6.07, 6.45) is 4.21. The Morgan fingerprint density at radius 2 is 1.84 bits per heavy atom. The molecular weight excluding hydrogens is 314 g/mol. The van der Waals surface area contributed by atoms with Crippen molar-refractivity contribution in [3.8, 4) is 0 Å². The molecule has 1 aliphatic carbocycles. The molecule has 1 aromatic carbocycles. The zero-order chi connectivity index (χ0) is 18.1. The Morgan fingerprint density at radius 1 is 1.16 bits per heavy atom. The van der Waals surface area contributed by atoms with Gasteiger partial charge in [0, 0.05) is 31.7 Å². The number of amides is 2. The zero-order valence-corrected chi connectivity index (χ0v) is 15.6. The fourth-order valence-electron chi connectivity index (χ4n) is 3.58. The van der Waals surface area contributed by atoms with Crippen molar-refractivity contribution in [2.75, 3.05) is 19.7 Å². The summed E-state index contributed by atoms with van der Waals surface area (Å²) >= 11 is 0. The molecule has 1 fully saturated rings. The van der Waals surface area contributed by atoms with Gasteiger partial charge in [-0.25, -0.2) is 4.79 Å². The molecule has 0 aliphatic heterocycles. The molecule has 5 nitrogen and oxygen atoms in total. The van der Waals surface area contributed by atoms with Gasteiger partial charge < -0.3 is 15.7 Å². The summed E-state index contributed by atoms with van der Waals surface area (Å²) in [7, 11) is 0. The second-order valence-corrected chi connectivity index (χ2v) is 6.89. The second kappa shape index (κ2) is 10.4. The van der Waals surface area contributed by atoms with Gasteiger partial charge in [-0.05, 0) is 37.1 Å². The average Bonchev–Trinajstić information content (AvgIpc) is 2.65. The molecule has 1 aliphatic rings. The molecule has 0 bridgehead atoms. The van der Waals surface area contributed by atoms with E-state index in [1.54, 1.807) is 0 Å². The van der Waals surface area contributed by atoms with Crippen molar-refractivity contribution in [2.45, 2.75) is 58.7 Å². The normalized spacial score (nSPS) is 20.5. The first-order valence-electron chi connectivity index (χ1n) is 9.62. The van der Waals surface area contributed by atoms with Crippen molar-refractivity contribution in [1.82, 2.24) is 15.5 Å². The highest BCUT2D eigenvalue weighted by atomic mass is 16.3. The number of nitrogens with one attached hydrogen (secondary N) is 2. The van der Waals surface area contributed by atoms with Crippen LogP contribution in [0.4, 0.5) is 4.79 Å². The predicted molar refractivity (Wildman–Crippen MR) is 101 cm³/mol. The molecule has 2 rings (SSSR count). The largest absolute Gasteiger partial charge is 0.396 e. The van der Waals surface area contributed by atoms with Crippen LogP contribution < -0.4 is 10.6 Å². The smallest absolute Gasteiger partial charge is 0.315 e. The minimum absolute atomic E-state index is 0.0877. The van der Waals surface area contributed by atoms with Crippen LogP contribution in [0.1, 0.15) is 50.7 Å². The molecule has 0 radical (unpaired) electrons. The number of carbonyl (C=O) groups is 1. The Hall–Kier alpha value is -1.59. The van der Waals surface area contributed by atoms with E-state index in [0.29, 0.717) is 6.54 Å². The van der Waals surface area contributed by atoms with Crippen LogP contribution in [0.5, 0.6) is 0 Å². The van der Waals surface area contributed by atoms with Crippen LogP contribution in [0.25, 0.3) is 0 Å². The SMILES string of the molecule is CCN(CC)Cc1ccccc1CNC(=O)NC1CCCCC1CO. The molecule has 0 heterocycles. The molecule has 0 saturated heterocycles. The topological polar surface area (TPSA) is 64.6 Å². The van der Waals surface area contributed by atoms with Crippen molar-refractivity contribution in [3.05, 3.63) is 35.4 Å². The van der Waals surface area contributed by atoms with Crippen LogP contribution >= 0.6 is 0 Å². The van der Waals surface area contributed by atoms with Crippen LogP contribution in [0.3, 0.4) is 0 Å². The Bertz CT molecular complexity index is 531. The number of urea groups is 1. The first-order chi connectivity index (χ1) is 12.2. The lowest BCUT2D eigenvalue weighted by Gasteiger charge is -2.30. The van der Waals surface area contributed by atoms with E-state index in [1.165, 1.54) is 5.56 Å². The van der Waals surface area contributed by atoms with Gasteiger partial charge in [0.2, 0.25) is 0 Å². The fourth-order valence-corrected chi connectivity index (χ4v) is 3.58. The maximum Gasteiger partial charge on any atom is 0.315 e. The third kappa shape index (κ3) is 6.01. The molecule has 1 saturated carbocycles. The molecule has 140 valence electrons. The lowest BCUT2D eigenvalue weighted by molar-refractivity contribution is 0.153. The number of aliphatic hydroxyl groups excluding tert-OH is 1. The highest BCUT2D eigenvalue weighted by Gasteiger charge is 2.25. The van der Waals surface area contributed by atoms with Gasteiger partial charge in [0.15, 0.2) is 0 Å². The van der Waals surface area contributed by atoms with E-state index in [9.17, 15) is 9.90 Å². The number of aliphatic hydroxyl groups is 1. The summed E-state index contributed by atoms with van der Waals surface area (Å²) in [6.45, 7) is 7.95. The Balaban J connectivity index is 1.89. The van der Waals surface area contributed by atoms with E-state index in [4.69, 9.17) is 0 Å². The van der Waals surface area contributed by atoms with Crippen LogP contribution in [-0.2, 0) is 13.1 Å². The van der Waals surface area contributed by atoms with Gasteiger partial charge >= 0.3 is 6.03 Å². The summed E-state index contributed by atoms with van der Waals surface area (Å²) in [5, 5.41) is 15.5. The van der Waals surface area contributed by atoms with Crippen molar-refractivity contribution in [2.24, 2.45) is 5.92 Å². The van der Waals surface area contributed by atoms with Crippen molar-refractivity contribution in [3.63, 3.8) is 0 Å². The molecule has 3 N–H and O–H groups in total. The fraction of sp³-hybridized carbons (Fsp3) is 0.650. The van der Waals surface area contributed by atoms with Crippen molar-refractivity contribution >= 4 is 6.03 Å². The summed E-state index contributed by atoms with van der Waals surface area (Å²) in [4.78, 5) is 14.6. The minimum atomic E-state index is -0.136. The first kappa shape index (κ1) is 19.7. The predicted octanol–water partition coefficient (Wildman–Crippen LogP) is 2.88. The summed E-state index contributed by atoms with van der Waals surface area (Å²) < 4.78 is 0. The van der Waals surface area contributed by atoms with E-state index in [-0.39, 0.29) is 24.6 Å². The number of nitrogens with zero attached hydrogens (tertiary/aromatic N) is 1. The summed E-state index contributed by atoms with van der Waals surface area (Å²) in [6, 6.07) is 8.24. The molecule has 25 heavy (non-hydrogen) atoms. The summed E-state index contributed by atoms with van der Waals surface area (Å²) in [5.74, 6) is 0.189. The minimum Gasteiger partial charge on any atom is -0.396 e. The summed E-state index contributed by atoms with van der Waals surface area (Å²) in [5.41, 5.74) is 2.42. The quantitative estimate of drug-likeness (QED) is 0.677. The van der Waals surface area contributed by atoms with E-state index >= 15 is 0 Å². The molecule has 0 aromatic heterocycles. The highest BCUT2D eigenvalue weighted by molar-refractivity contribution is 5.74. The van der Waals surface area contributed by atoms with Crippen molar-refractivity contribution in [1.29, 1.82) is 0 Å². The van der Waals surface area contributed by atoms with E-state index < -0.39 is 0 Å². The van der Waals surface area contributed by atoms with Gasteiger partial charge in [0.05, 0.1) is 0 Å². The lowest BCUT2D eigenvalue weighted by atomic mass is 9.85. The number of hydrogen-bond donors (Lipinski definition) is 3. The molecule has 0 spiro atoms. The van der Waals surface area contributed by atoms with Crippen LogP contribution in [0, 0.1) is 5.92 Å². The number of carbonyl (C=O) groups excluding carboxylic acids is 1. The van der Waals surface area contributed by atoms with E-state index in [1.807, 2.05) is 6.07 Å². The van der Waals surface area contributed by atoms with E-state index in [0.717, 1.165) is 50.9 Å². The third-order valence-corrected chi connectivity index (χ3v) is 5.31. The lowest BCUT2D eigenvalue weighted by Crippen LogP contribution is -2.47. The third-order valence-electron chi connectivity index (χ3n) is 5.31. The number of hydrogen-bond acceptors (Lipinski definition) is 3. The van der Waals surface area contributed by atoms with Gasteiger partial charge in [-0.1, -0.05) is 51.0 Å². The zero-order valence-electron chi connectivity index (χ0n) is 15.6. The first-order valence-corrected chi connectivity index (χ1v) is 9.62. The Labute approximate surface area is 151 Å². The van der Waals surface area contributed by atoms with Gasteiger partial charge in [-0.15, -0.1) is 0 Å². The maximum atomic E-state index is 12.3. The van der Waals surface area contributed by atoms with Crippen LogP contribution in [0.2, 0.25) is 0 Å². The second-order valence-electron chi connectivity index (χ2n) is 6.89. The number of rotatable bonds is 8. The van der Waals surface area contributed by atoms with Gasteiger partial charge in [-0.3, -0.25) is 4.90 Å². The molecule has 2 atom stereocenters. The van der Waals surface area contributed by atoms with Gasteiger partial charge in [0.25, 0.3) is 0 Å². The van der Waals surface area contributed by atoms with Gasteiger partial charge in [-0.2, -0.15) is 0 Å². The van der Waals surface area contributed by atoms with Crippen molar-refractivity contribution < 1.29 is 9.90 Å². The Morgan fingerprint density at radius 3 is 2.52 bits per heavy atom. The molecule has 2 unspecified atom stereocenters. The van der Waals surface area contributed by atoms with Gasteiger partial charge in [0.1, 0.15) is 0 Å².